The van der Waals surface area contributed by atoms with Crippen molar-refractivity contribution >= 4 is 0 Å². The fraction of sp³-hybridized carbons (Fsp3) is 1.00. The summed E-state index contributed by atoms with van der Waals surface area (Å²) in [5, 5.41) is 3.41. The molecule has 1 fully saturated rings. The second kappa shape index (κ2) is 6.75. The van der Waals surface area contributed by atoms with E-state index in [1.165, 1.54) is 19.3 Å². The molecule has 1 N–H and O–H groups in total. The van der Waals surface area contributed by atoms with Crippen molar-refractivity contribution in [3.8, 4) is 0 Å². The van der Waals surface area contributed by atoms with Crippen LogP contribution in [0.25, 0.3) is 0 Å². The molecular weight excluding hydrogens is 243 g/mol. The molecule has 0 radical (unpaired) electrons. The van der Waals surface area contributed by atoms with E-state index in [1.807, 2.05) is 0 Å². The van der Waals surface area contributed by atoms with Crippen LogP contribution in [0.1, 0.15) is 46.0 Å². The van der Waals surface area contributed by atoms with Gasteiger partial charge in [0.05, 0.1) is 0 Å². The van der Waals surface area contributed by atoms with Crippen molar-refractivity contribution in [1.82, 2.24) is 5.32 Å². The maximum Gasteiger partial charge on any atom is 0.411 e. The molecule has 2 nitrogen and oxygen atoms in total. The summed E-state index contributed by atoms with van der Waals surface area (Å²) in [6.07, 6.45) is 1.24. The lowest BCUT2D eigenvalue weighted by Gasteiger charge is -2.35. The van der Waals surface area contributed by atoms with Gasteiger partial charge in [0.1, 0.15) is 6.61 Å². The van der Waals surface area contributed by atoms with Crippen LogP contribution in [-0.4, -0.2) is 32.0 Å². The summed E-state index contributed by atoms with van der Waals surface area (Å²) in [5.74, 6) is 0. The van der Waals surface area contributed by atoms with Crippen LogP contribution >= 0.6 is 0 Å². The van der Waals surface area contributed by atoms with Crippen LogP contribution in [0.5, 0.6) is 0 Å². The second-order valence-corrected chi connectivity index (χ2v) is 5.93. The molecule has 0 spiro atoms. The van der Waals surface area contributed by atoms with Gasteiger partial charge in [-0.1, -0.05) is 20.3 Å². The number of alkyl halides is 3. The molecule has 1 aliphatic carbocycles. The highest BCUT2D eigenvalue weighted by Crippen LogP contribution is 2.34. The largest absolute Gasteiger partial charge is 0.411 e. The summed E-state index contributed by atoms with van der Waals surface area (Å²) in [6.45, 7) is 4.31. The first kappa shape index (κ1) is 15.8. The lowest BCUT2D eigenvalue weighted by molar-refractivity contribution is -0.174. The minimum Gasteiger partial charge on any atom is -0.372 e. The highest BCUT2D eigenvalue weighted by molar-refractivity contribution is 4.83. The molecule has 1 rings (SSSR count). The highest BCUT2D eigenvalue weighted by atomic mass is 19.4. The van der Waals surface area contributed by atoms with Crippen LogP contribution in [0.15, 0.2) is 0 Å². The molecule has 1 unspecified atom stereocenters. The topological polar surface area (TPSA) is 21.3 Å². The van der Waals surface area contributed by atoms with Gasteiger partial charge in [0, 0.05) is 12.6 Å². The summed E-state index contributed by atoms with van der Waals surface area (Å²) in [5.41, 5.74) is 0.392. The standard InChI is InChI=1S/C13H24F3NO/c1-12(2)6-3-5-11(9-12)17-7-4-8-18-10-13(14,15)16/h11,17H,3-10H2,1-2H3. The monoisotopic (exact) mass is 267 g/mol. The van der Waals surface area contributed by atoms with Crippen LogP contribution in [0, 0.1) is 5.41 Å². The molecule has 1 aliphatic rings. The highest BCUT2D eigenvalue weighted by Gasteiger charge is 2.28. The van der Waals surface area contributed by atoms with E-state index < -0.39 is 12.8 Å². The van der Waals surface area contributed by atoms with E-state index in [9.17, 15) is 13.2 Å². The van der Waals surface area contributed by atoms with Gasteiger partial charge >= 0.3 is 6.18 Å². The number of hydrogen-bond donors (Lipinski definition) is 1. The Hall–Kier alpha value is -0.290. The van der Waals surface area contributed by atoms with Gasteiger partial charge < -0.3 is 10.1 Å². The van der Waals surface area contributed by atoms with Gasteiger partial charge in [-0.05, 0) is 37.6 Å². The molecule has 0 bridgehead atoms. The Balaban J connectivity index is 2.01. The SMILES string of the molecule is CC1(C)CCCC(NCCCOCC(F)(F)F)C1. The second-order valence-electron chi connectivity index (χ2n) is 5.93. The van der Waals surface area contributed by atoms with Crippen molar-refractivity contribution in [2.75, 3.05) is 19.8 Å². The molecule has 5 heteroatoms. The van der Waals surface area contributed by atoms with Gasteiger partial charge in [-0.25, -0.2) is 0 Å². The van der Waals surface area contributed by atoms with Gasteiger partial charge in [0.15, 0.2) is 0 Å². The third-order valence-corrected chi connectivity index (χ3v) is 3.37. The van der Waals surface area contributed by atoms with E-state index >= 15 is 0 Å². The molecule has 18 heavy (non-hydrogen) atoms. The molecule has 0 aromatic carbocycles. The number of rotatable bonds is 6. The van der Waals surface area contributed by atoms with E-state index in [4.69, 9.17) is 0 Å². The Kier molecular flexibility index (Phi) is 5.92. The molecule has 1 saturated carbocycles. The summed E-state index contributed by atoms with van der Waals surface area (Å²) in [4.78, 5) is 0. The maximum absolute atomic E-state index is 11.8. The first-order valence-electron chi connectivity index (χ1n) is 6.66. The van der Waals surface area contributed by atoms with Crippen molar-refractivity contribution in [3.05, 3.63) is 0 Å². The summed E-state index contributed by atoms with van der Waals surface area (Å²) < 4.78 is 40.0. The molecule has 0 heterocycles. The van der Waals surface area contributed by atoms with E-state index in [0.29, 0.717) is 17.9 Å². The zero-order valence-corrected chi connectivity index (χ0v) is 11.3. The Morgan fingerprint density at radius 2 is 2.06 bits per heavy atom. The number of nitrogens with one attached hydrogen (secondary N) is 1. The lowest BCUT2D eigenvalue weighted by atomic mass is 9.75. The fourth-order valence-electron chi connectivity index (χ4n) is 2.54. The molecule has 0 amide bonds. The Morgan fingerprint density at radius 1 is 1.33 bits per heavy atom. The third kappa shape index (κ3) is 7.21. The van der Waals surface area contributed by atoms with E-state index in [2.05, 4.69) is 23.9 Å². The van der Waals surface area contributed by atoms with Crippen molar-refractivity contribution in [2.24, 2.45) is 5.41 Å². The van der Waals surface area contributed by atoms with Crippen LogP contribution in [0.3, 0.4) is 0 Å². The predicted octanol–water partition coefficient (Wildman–Crippen LogP) is 3.51. The van der Waals surface area contributed by atoms with Gasteiger partial charge in [-0.15, -0.1) is 0 Å². The minimum absolute atomic E-state index is 0.169. The van der Waals surface area contributed by atoms with Crippen molar-refractivity contribution in [1.29, 1.82) is 0 Å². The molecule has 0 aromatic heterocycles. The summed E-state index contributed by atoms with van der Waals surface area (Å²) in [6, 6.07) is 0.511. The van der Waals surface area contributed by atoms with Crippen molar-refractivity contribution < 1.29 is 17.9 Å². The van der Waals surface area contributed by atoms with Gasteiger partial charge in [0.25, 0.3) is 0 Å². The van der Waals surface area contributed by atoms with Crippen LogP contribution < -0.4 is 5.32 Å². The number of ether oxygens (including phenoxy) is 1. The molecule has 0 saturated heterocycles. The minimum atomic E-state index is -4.21. The zero-order chi connectivity index (χ0) is 13.6. The molecule has 0 aromatic rings. The predicted molar refractivity (Wildman–Crippen MR) is 65.5 cm³/mol. The summed E-state index contributed by atoms with van der Waals surface area (Å²) in [7, 11) is 0. The normalized spacial score (nSPS) is 24.2. The molecule has 1 atom stereocenters. The quantitative estimate of drug-likeness (QED) is 0.744. The summed E-state index contributed by atoms with van der Waals surface area (Å²) >= 11 is 0. The number of halogens is 3. The van der Waals surface area contributed by atoms with Crippen molar-refractivity contribution in [2.45, 2.75) is 58.2 Å². The first-order chi connectivity index (χ1) is 8.29. The fourth-order valence-corrected chi connectivity index (χ4v) is 2.54. The number of hydrogen-bond acceptors (Lipinski definition) is 2. The zero-order valence-electron chi connectivity index (χ0n) is 11.3. The average molecular weight is 267 g/mol. The molecular formula is C13H24F3NO. The third-order valence-electron chi connectivity index (χ3n) is 3.37. The first-order valence-corrected chi connectivity index (χ1v) is 6.66. The van der Waals surface area contributed by atoms with Crippen LogP contribution in [-0.2, 0) is 4.74 Å². The van der Waals surface area contributed by atoms with Gasteiger partial charge in [0.2, 0.25) is 0 Å². The average Bonchev–Trinajstić information content (AvgIpc) is 2.20. The lowest BCUT2D eigenvalue weighted by Crippen LogP contribution is -2.38. The Morgan fingerprint density at radius 3 is 2.67 bits per heavy atom. The van der Waals surface area contributed by atoms with Crippen molar-refractivity contribution in [3.63, 3.8) is 0 Å². The van der Waals surface area contributed by atoms with Gasteiger partial charge in [-0.2, -0.15) is 13.2 Å². The smallest absolute Gasteiger partial charge is 0.372 e. The molecule has 108 valence electrons. The van der Waals surface area contributed by atoms with E-state index in [0.717, 1.165) is 13.0 Å². The van der Waals surface area contributed by atoms with Gasteiger partial charge in [-0.3, -0.25) is 0 Å². The van der Waals surface area contributed by atoms with Crippen LogP contribution in [0.4, 0.5) is 13.2 Å². The Bertz CT molecular complexity index is 241. The van der Waals surface area contributed by atoms with E-state index in [1.54, 1.807) is 0 Å². The van der Waals surface area contributed by atoms with E-state index in [-0.39, 0.29) is 6.61 Å². The maximum atomic E-state index is 11.8. The Labute approximate surface area is 107 Å². The molecule has 0 aliphatic heterocycles. The van der Waals surface area contributed by atoms with Crippen LogP contribution in [0.2, 0.25) is 0 Å².